The van der Waals surface area contributed by atoms with Crippen molar-refractivity contribution in [2.24, 2.45) is 0 Å². The van der Waals surface area contributed by atoms with Crippen LogP contribution >= 0.6 is 0 Å². The van der Waals surface area contributed by atoms with Gasteiger partial charge in [0.2, 0.25) is 5.82 Å². The SMILES string of the molecule is CS(=O)(=O)c1ccc(-c2ccc3c(c2)c2c(=O)[nH]ccc2c2[nH]c(C(F)(F)F)nc32)cc1. The number of H-pyrrole nitrogens is 2. The normalized spacial score (nSPS) is 12.8. The lowest BCUT2D eigenvalue weighted by Crippen LogP contribution is -2.07. The zero-order valence-electron chi connectivity index (χ0n) is 16.4. The van der Waals surface area contributed by atoms with Crippen LogP contribution in [0.4, 0.5) is 13.2 Å². The van der Waals surface area contributed by atoms with Crippen LogP contribution in [0, 0.1) is 0 Å². The number of alkyl halides is 3. The molecule has 0 amide bonds. The molecule has 0 unspecified atom stereocenters. The minimum atomic E-state index is -4.67. The van der Waals surface area contributed by atoms with Gasteiger partial charge in [-0.15, -0.1) is 0 Å². The molecule has 2 N–H and O–H groups in total. The van der Waals surface area contributed by atoms with E-state index < -0.39 is 27.4 Å². The van der Waals surface area contributed by atoms with Crippen LogP contribution in [0.5, 0.6) is 0 Å². The number of pyridine rings is 1. The van der Waals surface area contributed by atoms with Crippen LogP contribution < -0.4 is 5.56 Å². The molecule has 0 aliphatic rings. The van der Waals surface area contributed by atoms with Crippen molar-refractivity contribution in [1.82, 2.24) is 15.0 Å². The molecular weight excluding hydrogens is 443 g/mol. The maximum atomic E-state index is 13.3. The minimum Gasteiger partial charge on any atom is -0.334 e. The lowest BCUT2D eigenvalue weighted by molar-refractivity contribution is -0.144. The van der Waals surface area contributed by atoms with E-state index in [0.717, 1.165) is 6.26 Å². The van der Waals surface area contributed by atoms with Gasteiger partial charge in [0, 0.05) is 23.2 Å². The minimum absolute atomic E-state index is 0.115. The Balaban J connectivity index is 1.84. The molecule has 0 aliphatic heterocycles. The Labute approximate surface area is 178 Å². The summed E-state index contributed by atoms with van der Waals surface area (Å²) in [5.41, 5.74) is 1.17. The second-order valence-corrected chi connectivity index (χ2v) is 9.47. The standard InChI is InChI=1S/C22H14F3N3O3S/c1-32(30,31)13-5-2-11(3-6-13)12-4-7-14-16(10-12)17-15(8-9-26-20(17)29)19-18(14)27-21(28-19)22(23,24)25/h2-10H,1H3,(H,26,29)(H,27,28). The topological polar surface area (TPSA) is 95.7 Å². The van der Waals surface area contributed by atoms with Gasteiger partial charge in [0.1, 0.15) is 0 Å². The third kappa shape index (κ3) is 3.14. The van der Waals surface area contributed by atoms with E-state index in [9.17, 15) is 26.4 Å². The van der Waals surface area contributed by atoms with Crippen molar-refractivity contribution in [3.63, 3.8) is 0 Å². The highest BCUT2D eigenvalue weighted by molar-refractivity contribution is 7.90. The summed E-state index contributed by atoms with van der Waals surface area (Å²) in [5, 5.41) is 1.40. The summed E-state index contributed by atoms with van der Waals surface area (Å²) in [5.74, 6) is -1.14. The molecule has 0 spiro atoms. The molecule has 5 rings (SSSR count). The summed E-state index contributed by atoms with van der Waals surface area (Å²) in [6.45, 7) is 0. The van der Waals surface area contributed by atoms with Crippen LogP contribution in [0.25, 0.3) is 43.7 Å². The van der Waals surface area contributed by atoms with E-state index in [2.05, 4.69) is 15.0 Å². The van der Waals surface area contributed by atoms with Gasteiger partial charge in [-0.1, -0.05) is 24.3 Å². The van der Waals surface area contributed by atoms with Gasteiger partial charge in [-0.2, -0.15) is 13.2 Å². The molecule has 6 nitrogen and oxygen atoms in total. The van der Waals surface area contributed by atoms with Crippen molar-refractivity contribution >= 4 is 42.4 Å². The number of imidazole rings is 1. The third-order valence-electron chi connectivity index (χ3n) is 5.36. The predicted molar refractivity (Wildman–Crippen MR) is 115 cm³/mol. The van der Waals surface area contributed by atoms with Gasteiger partial charge in [0.25, 0.3) is 5.56 Å². The van der Waals surface area contributed by atoms with Gasteiger partial charge in [0.05, 0.1) is 21.3 Å². The highest BCUT2D eigenvalue weighted by Gasteiger charge is 2.35. The quantitative estimate of drug-likeness (QED) is 0.377. The fourth-order valence-electron chi connectivity index (χ4n) is 3.88. The third-order valence-corrected chi connectivity index (χ3v) is 6.49. The summed E-state index contributed by atoms with van der Waals surface area (Å²) < 4.78 is 63.3. The second kappa shape index (κ2) is 6.67. The number of halogens is 3. The lowest BCUT2D eigenvalue weighted by Gasteiger charge is -2.09. The molecule has 0 bridgehead atoms. The van der Waals surface area contributed by atoms with E-state index in [0.29, 0.717) is 27.3 Å². The van der Waals surface area contributed by atoms with E-state index in [1.165, 1.54) is 24.4 Å². The number of aromatic nitrogens is 3. The molecule has 0 radical (unpaired) electrons. The van der Waals surface area contributed by atoms with E-state index in [4.69, 9.17) is 0 Å². The monoisotopic (exact) mass is 457 g/mol. The molecule has 0 saturated carbocycles. The number of rotatable bonds is 2. The van der Waals surface area contributed by atoms with E-state index in [1.807, 2.05) is 0 Å². The first-order valence-electron chi connectivity index (χ1n) is 9.38. The van der Waals surface area contributed by atoms with Gasteiger partial charge in [-0.25, -0.2) is 13.4 Å². The van der Waals surface area contributed by atoms with Gasteiger partial charge in [-0.3, -0.25) is 4.79 Å². The number of sulfone groups is 1. The largest absolute Gasteiger partial charge is 0.449 e. The summed E-state index contributed by atoms with van der Waals surface area (Å²) in [6.07, 6.45) is -2.18. The highest BCUT2D eigenvalue weighted by atomic mass is 32.2. The molecule has 2 heterocycles. The second-order valence-electron chi connectivity index (χ2n) is 7.46. The van der Waals surface area contributed by atoms with Crippen molar-refractivity contribution in [3.8, 4) is 11.1 Å². The molecule has 162 valence electrons. The molecule has 0 saturated heterocycles. The molecule has 5 aromatic rings. The Morgan fingerprint density at radius 2 is 1.59 bits per heavy atom. The zero-order chi connectivity index (χ0) is 22.8. The maximum Gasteiger partial charge on any atom is 0.449 e. The van der Waals surface area contributed by atoms with Crippen LogP contribution in [0.15, 0.2) is 64.4 Å². The van der Waals surface area contributed by atoms with Crippen LogP contribution in [-0.2, 0) is 16.0 Å². The van der Waals surface area contributed by atoms with Crippen LogP contribution in [0.2, 0.25) is 0 Å². The molecule has 2 aromatic heterocycles. The van der Waals surface area contributed by atoms with Crippen molar-refractivity contribution in [2.75, 3.05) is 6.26 Å². The highest BCUT2D eigenvalue weighted by Crippen LogP contribution is 2.37. The molecule has 3 aromatic carbocycles. The average molecular weight is 457 g/mol. The van der Waals surface area contributed by atoms with Gasteiger partial charge >= 0.3 is 6.18 Å². The number of hydrogen-bond acceptors (Lipinski definition) is 4. The predicted octanol–water partition coefficient (Wildman–Crippen LogP) is 4.65. The number of benzene rings is 3. The molecule has 32 heavy (non-hydrogen) atoms. The maximum absolute atomic E-state index is 13.3. The van der Waals surface area contributed by atoms with Crippen molar-refractivity contribution in [1.29, 1.82) is 0 Å². The smallest absolute Gasteiger partial charge is 0.334 e. The number of fused-ring (bicyclic) bond motifs is 6. The van der Waals surface area contributed by atoms with Crippen LogP contribution in [0.3, 0.4) is 0 Å². The van der Waals surface area contributed by atoms with Crippen molar-refractivity contribution in [2.45, 2.75) is 11.1 Å². The summed E-state index contributed by atoms with van der Waals surface area (Å²) in [7, 11) is -3.35. The van der Waals surface area contributed by atoms with Gasteiger partial charge < -0.3 is 9.97 Å². The van der Waals surface area contributed by atoms with E-state index in [-0.39, 0.29) is 21.3 Å². The molecule has 0 fully saturated rings. The fourth-order valence-corrected chi connectivity index (χ4v) is 4.51. The molecular formula is C22H14F3N3O3S. The number of nitrogens with zero attached hydrogens (tertiary/aromatic N) is 1. The first-order chi connectivity index (χ1) is 15.0. The Bertz CT molecular complexity index is 1700. The summed E-state index contributed by atoms with van der Waals surface area (Å²) in [6, 6.07) is 12.8. The summed E-state index contributed by atoms with van der Waals surface area (Å²) >= 11 is 0. The van der Waals surface area contributed by atoms with Gasteiger partial charge in [0.15, 0.2) is 9.84 Å². The Morgan fingerprint density at radius 1 is 0.906 bits per heavy atom. The van der Waals surface area contributed by atoms with Crippen molar-refractivity contribution < 1.29 is 21.6 Å². The first kappa shape index (κ1) is 20.3. The fraction of sp³-hybridized carbons (Fsp3) is 0.0909. The Hall–Kier alpha value is -3.66. The average Bonchev–Trinajstić information content (AvgIpc) is 3.19. The van der Waals surface area contributed by atoms with Crippen LogP contribution in [0.1, 0.15) is 5.82 Å². The number of hydrogen-bond donors (Lipinski definition) is 2. The number of aromatic amines is 2. The first-order valence-corrected chi connectivity index (χ1v) is 11.3. The Morgan fingerprint density at radius 3 is 2.25 bits per heavy atom. The van der Waals surface area contributed by atoms with E-state index in [1.54, 1.807) is 30.3 Å². The van der Waals surface area contributed by atoms with Gasteiger partial charge in [-0.05, 0) is 40.8 Å². The molecule has 0 atom stereocenters. The molecule has 10 heteroatoms. The van der Waals surface area contributed by atoms with E-state index >= 15 is 0 Å². The Kier molecular flexibility index (Phi) is 4.22. The van der Waals surface area contributed by atoms with Crippen LogP contribution in [-0.4, -0.2) is 29.6 Å². The molecule has 0 aliphatic carbocycles. The van der Waals surface area contributed by atoms with Crippen molar-refractivity contribution in [3.05, 3.63) is 70.9 Å². The number of nitrogens with one attached hydrogen (secondary N) is 2. The lowest BCUT2D eigenvalue weighted by atomic mass is 9.96. The zero-order valence-corrected chi connectivity index (χ0v) is 17.2. The summed E-state index contributed by atoms with van der Waals surface area (Å²) in [4.78, 5) is 21.5.